The highest BCUT2D eigenvalue weighted by molar-refractivity contribution is 7.46. The Bertz CT molecular complexity index is 833. The van der Waals surface area contributed by atoms with Crippen molar-refractivity contribution in [1.29, 1.82) is 0 Å². The van der Waals surface area contributed by atoms with E-state index in [1.54, 1.807) is 0 Å². The van der Waals surface area contributed by atoms with Crippen LogP contribution in [0, 0.1) is 0 Å². The van der Waals surface area contributed by atoms with Gasteiger partial charge in [0.25, 0.3) is 5.56 Å². The number of nitrogens with one attached hydrogen (secondary N) is 1. The van der Waals surface area contributed by atoms with Gasteiger partial charge in [-0.2, -0.15) is 4.98 Å². The Balaban J connectivity index is 1.84. The quantitative estimate of drug-likeness (QED) is 0.529. The Morgan fingerprint density at radius 1 is 1.61 bits per heavy atom. The molecule has 0 amide bonds. The normalized spacial score (nSPS) is 25.3. The van der Waals surface area contributed by atoms with Crippen LogP contribution in [0.25, 0.3) is 11.2 Å². The molecule has 0 unspecified atom stereocenters. The number of rotatable bonds is 4. The summed E-state index contributed by atoms with van der Waals surface area (Å²) < 4.78 is 35.6. The number of aromatic nitrogens is 4. The van der Waals surface area contributed by atoms with Crippen LogP contribution in [0.3, 0.4) is 0 Å². The summed E-state index contributed by atoms with van der Waals surface area (Å²) in [5, 5.41) is 0. The van der Waals surface area contributed by atoms with Crippen molar-refractivity contribution < 1.29 is 28.0 Å². The number of phosphoric acid groups is 1. The van der Waals surface area contributed by atoms with E-state index in [9.17, 15) is 13.8 Å². The van der Waals surface area contributed by atoms with Gasteiger partial charge in [0.15, 0.2) is 11.2 Å². The number of imidazole rings is 1. The Morgan fingerprint density at radius 2 is 2.35 bits per heavy atom. The molecule has 3 heterocycles. The molecule has 0 spiro atoms. The predicted octanol–water partition coefficient (Wildman–Crippen LogP) is -0.563. The second-order valence-electron chi connectivity index (χ2n) is 4.94. The van der Waals surface area contributed by atoms with Gasteiger partial charge in [-0.15, -0.1) is 0 Å². The molecule has 0 radical (unpaired) electrons. The van der Waals surface area contributed by atoms with Crippen LogP contribution in [0.2, 0.25) is 0 Å². The van der Waals surface area contributed by atoms with Crippen LogP contribution in [0.1, 0.15) is 12.6 Å². The topological polar surface area (TPSA) is 166 Å². The van der Waals surface area contributed by atoms with Crippen LogP contribution in [-0.2, 0) is 13.8 Å². The molecule has 0 aliphatic carbocycles. The van der Waals surface area contributed by atoms with Crippen molar-refractivity contribution in [3.05, 3.63) is 16.7 Å². The minimum absolute atomic E-state index is 0.0214. The molecular weight excluding hydrogens is 336 g/mol. The van der Waals surface area contributed by atoms with E-state index in [1.165, 1.54) is 10.9 Å². The zero-order valence-electron chi connectivity index (χ0n) is 11.5. The highest BCUT2D eigenvalue weighted by Crippen LogP contribution is 2.39. The highest BCUT2D eigenvalue weighted by Gasteiger charge is 2.38. The van der Waals surface area contributed by atoms with Crippen molar-refractivity contribution in [2.24, 2.45) is 0 Å². The van der Waals surface area contributed by atoms with Gasteiger partial charge in [-0.3, -0.25) is 18.9 Å². The van der Waals surface area contributed by atoms with Crippen LogP contribution in [-0.4, -0.2) is 48.2 Å². The molecule has 1 saturated heterocycles. The van der Waals surface area contributed by atoms with Crippen LogP contribution >= 0.6 is 7.82 Å². The van der Waals surface area contributed by atoms with E-state index in [2.05, 4.69) is 19.5 Å². The Morgan fingerprint density at radius 3 is 3.04 bits per heavy atom. The van der Waals surface area contributed by atoms with E-state index in [-0.39, 0.29) is 23.5 Å². The fourth-order valence-corrected chi connectivity index (χ4v) is 2.68. The number of phosphoric ester groups is 1. The number of H-pyrrole nitrogens is 1. The van der Waals surface area contributed by atoms with Gasteiger partial charge in [-0.05, 0) is 0 Å². The SMILES string of the molecule is Nc1nc2c(ncn2[C@H]2C[C@@H](F)[C@@H](COP(=O)(O)O)O2)c(=O)[nH]1. The first kappa shape index (κ1) is 16.0. The lowest BCUT2D eigenvalue weighted by Gasteiger charge is -2.15. The molecule has 126 valence electrons. The van der Waals surface area contributed by atoms with Crippen LogP contribution in [0.15, 0.2) is 11.1 Å². The molecule has 23 heavy (non-hydrogen) atoms. The molecule has 1 aliphatic rings. The summed E-state index contributed by atoms with van der Waals surface area (Å²) in [4.78, 5) is 39.1. The van der Waals surface area contributed by atoms with E-state index >= 15 is 0 Å². The maximum absolute atomic E-state index is 14.0. The van der Waals surface area contributed by atoms with Crippen molar-refractivity contribution in [3.8, 4) is 0 Å². The molecule has 0 aromatic carbocycles. The third-order valence-electron chi connectivity index (χ3n) is 3.33. The lowest BCUT2D eigenvalue weighted by molar-refractivity contribution is -0.0317. The number of nitrogen functional groups attached to an aromatic ring is 1. The first-order valence-corrected chi connectivity index (χ1v) is 7.99. The maximum atomic E-state index is 14.0. The summed E-state index contributed by atoms with van der Waals surface area (Å²) in [5.74, 6) is -0.125. The van der Waals surface area contributed by atoms with Crippen molar-refractivity contribution >= 4 is 24.9 Å². The number of anilines is 1. The van der Waals surface area contributed by atoms with Crippen molar-refractivity contribution in [1.82, 2.24) is 19.5 Å². The van der Waals surface area contributed by atoms with Crippen molar-refractivity contribution in [2.75, 3.05) is 12.3 Å². The molecule has 5 N–H and O–H groups in total. The Labute approximate surface area is 127 Å². The Hall–Kier alpha value is -1.85. The van der Waals surface area contributed by atoms with Gasteiger partial charge in [0.2, 0.25) is 5.95 Å². The van der Waals surface area contributed by atoms with E-state index in [1.807, 2.05) is 0 Å². The van der Waals surface area contributed by atoms with Gasteiger partial charge < -0.3 is 20.3 Å². The van der Waals surface area contributed by atoms with Gasteiger partial charge in [0.05, 0.1) is 12.9 Å². The third-order valence-corrected chi connectivity index (χ3v) is 3.82. The monoisotopic (exact) mass is 349 g/mol. The molecule has 2 aromatic rings. The van der Waals surface area contributed by atoms with Crippen LogP contribution < -0.4 is 11.3 Å². The fourth-order valence-electron chi connectivity index (χ4n) is 2.33. The molecule has 11 nitrogen and oxygen atoms in total. The maximum Gasteiger partial charge on any atom is 0.469 e. The lowest BCUT2D eigenvalue weighted by Crippen LogP contribution is -2.23. The van der Waals surface area contributed by atoms with E-state index in [0.29, 0.717) is 0 Å². The van der Waals surface area contributed by atoms with Crippen LogP contribution in [0.5, 0.6) is 0 Å². The summed E-state index contributed by atoms with van der Waals surface area (Å²) in [6.07, 6.45) is -2.38. The molecular formula is C10H13FN5O6P. The average molecular weight is 349 g/mol. The molecule has 2 aromatic heterocycles. The number of ether oxygens (including phenoxy) is 1. The van der Waals surface area contributed by atoms with Crippen LogP contribution in [0.4, 0.5) is 10.3 Å². The first-order valence-electron chi connectivity index (χ1n) is 6.46. The number of halogens is 1. The third kappa shape index (κ3) is 3.26. The van der Waals surface area contributed by atoms with Crippen molar-refractivity contribution in [3.63, 3.8) is 0 Å². The summed E-state index contributed by atoms with van der Waals surface area (Å²) >= 11 is 0. The zero-order valence-corrected chi connectivity index (χ0v) is 12.4. The lowest BCUT2D eigenvalue weighted by atomic mass is 10.2. The molecule has 13 heteroatoms. The number of fused-ring (bicyclic) bond motifs is 1. The van der Waals surface area contributed by atoms with Crippen molar-refractivity contribution in [2.45, 2.75) is 24.9 Å². The standard InChI is InChI=1S/C10H13FN5O6P/c11-4-1-6(22-5(4)2-21-23(18,19)20)16-3-13-7-8(16)14-10(12)15-9(7)17/h3-6H,1-2H2,(H2,18,19,20)(H3,12,14,15,17)/t4-,5-,6-/m1/s1. The fraction of sp³-hybridized carbons (Fsp3) is 0.500. The summed E-state index contributed by atoms with van der Waals surface area (Å²) in [6.45, 7) is -0.606. The average Bonchev–Trinajstić information content (AvgIpc) is 2.99. The zero-order chi connectivity index (χ0) is 16.8. The van der Waals surface area contributed by atoms with Gasteiger partial charge >= 0.3 is 7.82 Å². The Kier molecular flexibility index (Phi) is 3.94. The van der Waals surface area contributed by atoms with Gasteiger partial charge in [0.1, 0.15) is 18.5 Å². The molecule has 0 bridgehead atoms. The summed E-state index contributed by atoms with van der Waals surface area (Å²) in [5.41, 5.74) is 5.08. The van der Waals surface area contributed by atoms with Gasteiger partial charge in [-0.25, -0.2) is 13.9 Å². The first-order chi connectivity index (χ1) is 10.7. The smallest absolute Gasteiger partial charge is 0.369 e. The molecule has 0 saturated carbocycles. The highest BCUT2D eigenvalue weighted by atomic mass is 31.2. The molecule has 1 fully saturated rings. The van der Waals surface area contributed by atoms with E-state index < -0.39 is 38.5 Å². The number of hydrogen-bond donors (Lipinski definition) is 4. The number of hydrogen-bond acceptors (Lipinski definition) is 7. The molecule has 3 atom stereocenters. The second kappa shape index (κ2) is 5.65. The number of nitrogens with zero attached hydrogens (tertiary/aromatic N) is 3. The number of nitrogens with two attached hydrogens (primary N) is 1. The number of alkyl halides is 1. The predicted molar refractivity (Wildman–Crippen MR) is 74.0 cm³/mol. The molecule has 1 aliphatic heterocycles. The van der Waals surface area contributed by atoms with E-state index in [0.717, 1.165) is 0 Å². The summed E-state index contributed by atoms with van der Waals surface area (Å²) in [6, 6.07) is 0. The van der Waals surface area contributed by atoms with E-state index in [4.69, 9.17) is 20.3 Å². The van der Waals surface area contributed by atoms with Gasteiger partial charge in [-0.1, -0.05) is 0 Å². The van der Waals surface area contributed by atoms with Gasteiger partial charge in [0, 0.05) is 6.42 Å². The largest absolute Gasteiger partial charge is 0.469 e. The second-order valence-corrected chi connectivity index (χ2v) is 6.18. The minimum atomic E-state index is -4.72. The number of aromatic amines is 1. The molecule has 3 rings (SSSR count). The minimum Gasteiger partial charge on any atom is -0.369 e. The summed E-state index contributed by atoms with van der Waals surface area (Å²) in [7, 11) is -4.72.